The maximum Gasteiger partial charge on any atom is 0.0471 e. The van der Waals surface area contributed by atoms with Crippen LogP contribution in [0.15, 0.2) is 18.2 Å². The molecule has 1 saturated carbocycles. The van der Waals surface area contributed by atoms with E-state index < -0.39 is 0 Å². The van der Waals surface area contributed by atoms with Crippen LogP contribution in [0.5, 0.6) is 0 Å². The van der Waals surface area contributed by atoms with Crippen molar-refractivity contribution in [1.29, 1.82) is 0 Å². The lowest BCUT2D eigenvalue weighted by molar-refractivity contribution is 0.321. The zero-order chi connectivity index (χ0) is 14.5. The first-order chi connectivity index (χ1) is 9.65. The Morgan fingerprint density at radius 3 is 2.75 bits per heavy atom. The fraction of sp³-hybridized carbons (Fsp3) is 0.647. The highest BCUT2D eigenvalue weighted by Gasteiger charge is 2.26. The van der Waals surface area contributed by atoms with Crippen LogP contribution in [-0.4, -0.2) is 19.6 Å². The fourth-order valence-corrected chi connectivity index (χ4v) is 3.59. The molecule has 0 heterocycles. The summed E-state index contributed by atoms with van der Waals surface area (Å²) in [6, 6.07) is 6.91. The molecule has 2 nitrogen and oxygen atoms in total. The Morgan fingerprint density at radius 1 is 1.30 bits per heavy atom. The van der Waals surface area contributed by atoms with E-state index in [9.17, 15) is 0 Å². The van der Waals surface area contributed by atoms with Crippen LogP contribution in [0.3, 0.4) is 0 Å². The smallest absolute Gasteiger partial charge is 0.0471 e. The van der Waals surface area contributed by atoms with Crippen LogP contribution in [0.1, 0.15) is 45.1 Å². The van der Waals surface area contributed by atoms with Crippen LogP contribution in [0.25, 0.3) is 0 Å². The second kappa shape index (κ2) is 7.33. The fourth-order valence-electron chi connectivity index (χ4n) is 3.35. The minimum atomic E-state index is 0.641. The number of nitrogens with one attached hydrogen (secondary N) is 1. The van der Waals surface area contributed by atoms with Gasteiger partial charge in [0.15, 0.2) is 0 Å². The normalized spacial score (nSPS) is 22.8. The highest BCUT2D eigenvalue weighted by molar-refractivity contribution is 6.31. The summed E-state index contributed by atoms with van der Waals surface area (Å²) in [6.45, 7) is 6.32. The van der Waals surface area contributed by atoms with Gasteiger partial charge in [0.2, 0.25) is 0 Å². The van der Waals surface area contributed by atoms with Crippen molar-refractivity contribution in [1.82, 2.24) is 5.32 Å². The predicted molar refractivity (Wildman–Crippen MR) is 88.7 cm³/mol. The van der Waals surface area contributed by atoms with Gasteiger partial charge < -0.3 is 10.2 Å². The number of nitrogens with zero attached hydrogens (tertiary/aromatic N) is 1. The average Bonchev–Trinajstić information content (AvgIpc) is 2.45. The Labute approximate surface area is 128 Å². The molecule has 2 rings (SSSR count). The molecule has 0 amide bonds. The molecular formula is C17H27ClN2. The second-order valence-electron chi connectivity index (χ2n) is 5.96. The van der Waals surface area contributed by atoms with E-state index in [-0.39, 0.29) is 0 Å². The largest absolute Gasteiger partial charge is 0.371 e. The summed E-state index contributed by atoms with van der Waals surface area (Å²) in [5.41, 5.74) is 2.52. The van der Waals surface area contributed by atoms with Crippen molar-refractivity contribution >= 4 is 17.3 Å². The van der Waals surface area contributed by atoms with Crippen LogP contribution >= 0.6 is 11.6 Å². The van der Waals surface area contributed by atoms with E-state index in [1.54, 1.807) is 0 Å². The molecule has 112 valence electrons. The van der Waals surface area contributed by atoms with E-state index in [4.69, 9.17) is 11.6 Å². The lowest BCUT2D eigenvalue weighted by Gasteiger charge is -2.38. The van der Waals surface area contributed by atoms with Crippen molar-refractivity contribution in [2.75, 3.05) is 18.5 Å². The van der Waals surface area contributed by atoms with Gasteiger partial charge in [0.25, 0.3) is 0 Å². The van der Waals surface area contributed by atoms with Crippen molar-refractivity contribution in [3.05, 3.63) is 28.8 Å². The molecule has 2 atom stereocenters. The maximum atomic E-state index is 6.42. The summed E-state index contributed by atoms with van der Waals surface area (Å²) in [7, 11) is 2.23. The van der Waals surface area contributed by atoms with Crippen LogP contribution in [0.2, 0.25) is 5.02 Å². The first-order valence-corrected chi connectivity index (χ1v) is 8.23. The third kappa shape index (κ3) is 3.48. The lowest BCUT2D eigenvalue weighted by atomic mass is 9.84. The van der Waals surface area contributed by atoms with Gasteiger partial charge in [0.1, 0.15) is 0 Å². The van der Waals surface area contributed by atoms with E-state index >= 15 is 0 Å². The van der Waals surface area contributed by atoms with Crippen LogP contribution in [0, 0.1) is 5.92 Å². The first kappa shape index (κ1) is 15.7. The molecule has 2 unspecified atom stereocenters. The molecule has 20 heavy (non-hydrogen) atoms. The molecule has 0 radical (unpaired) electrons. The minimum Gasteiger partial charge on any atom is -0.371 e. The van der Waals surface area contributed by atoms with Crippen molar-refractivity contribution in [2.24, 2.45) is 5.92 Å². The zero-order valence-corrected chi connectivity index (χ0v) is 13.7. The monoisotopic (exact) mass is 294 g/mol. The van der Waals surface area contributed by atoms with E-state index in [0.717, 1.165) is 24.0 Å². The minimum absolute atomic E-state index is 0.641. The Balaban J connectivity index is 2.23. The Hall–Kier alpha value is -0.730. The van der Waals surface area contributed by atoms with E-state index in [1.807, 2.05) is 6.07 Å². The molecule has 1 aliphatic rings. The van der Waals surface area contributed by atoms with E-state index in [1.165, 1.54) is 36.9 Å². The molecule has 0 spiro atoms. The molecule has 1 N–H and O–H groups in total. The molecule has 0 aromatic heterocycles. The lowest BCUT2D eigenvalue weighted by Crippen LogP contribution is -2.39. The number of hydrogen-bond acceptors (Lipinski definition) is 2. The molecule has 1 aromatic carbocycles. The van der Waals surface area contributed by atoms with Crippen LogP contribution < -0.4 is 10.2 Å². The molecule has 3 heteroatoms. The second-order valence-corrected chi connectivity index (χ2v) is 6.37. The SMILES string of the molecule is CCNCc1c(Cl)cccc1N(C)C1CCCCC1C. The Bertz CT molecular complexity index is 433. The summed E-state index contributed by atoms with van der Waals surface area (Å²) in [5, 5.41) is 4.28. The van der Waals surface area contributed by atoms with Gasteiger partial charge in [-0.3, -0.25) is 0 Å². The van der Waals surface area contributed by atoms with Gasteiger partial charge in [-0.05, 0) is 37.4 Å². The molecule has 1 aliphatic carbocycles. The highest BCUT2D eigenvalue weighted by Crippen LogP contribution is 2.34. The van der Waals surface area contributed by atoms with Crippen LogP contribution in [0.4, 0.5) is 5.69 Å². The molecular weight excluding hydrogens is 268 g/mol. The van der Waals surface area contributed by atoms with Crippen LogP contribution in [-0.2, 0) is 6.54 Å². The number of rotatable bonds is 5. The molecule has 0 aliphatic heterocycles. The Kier molecular flexibility index (Phi) is 5.74. The van der Waals surface area contributed by atoms with Gasteiger partial charge in [-0.2, -0.15) is 0 Å². The Morgan fingerprint density at radius 2 is 2.05 bits per heavy atom. The maximum absolute atomic E-state index is 6.42. The number of halogens is 1. The van der Waals surface area contributed by atoms with Gasteiger partial charge in [-0.25, -0.2) is 0 Å². The summed E-state index contributed by atoms with van der Waals surface area (Å²) >= 11 is 6.42. The summed E-state index contributed by atoms with van der Waals surface area (Å²) < 4.78 is 0. The number of hydrogen-bond donors (Lipinski definition) is 1. The summed E-state index contributed by atoms with van der Waals surface area (Å²) in [5.74, 6) is 0.764. The quantitative estimate of drug-likeness (QED) is 0.862. The standard InChI is InChI=1S/C17H27ClN2/c1-4-19-12-14-15(18)9-7-11-17(14)20(3)16-10-6-5-8-13(16)2/h7,9,11,13,16,19H,4-6,8,10,12H2,1-3H3. The first-order valence-electron chi connectivity index (χ1n) is 7.86. The van der Waals surface area contributed by atoms with Gasteiger partial charge >= 0.3 is 0 Å². The number of anilines is 1. The van der Waals surface area contributed by atoms with Crippen molar-refractivity contribution < 1.29 is 0 Å². The molecule has 1 fully saturated rings. The third-order valence-electron chi connectivity index (χ3n) is 4.59. The molecule has 1 aromatic rings. The van der Waals surface area contributed by atoms with E-state index in [0.29, 0.717) is 6.04 Å². The molecule has 0 bridgehead atoms. The van der Waals surface area contributed by atoms with E-state index in [2.05, 4.69) is 43.2 Å². The van der Waals surface area contributed by atoms with Gasteiger partial charge in [-0.15, -0.1) is 0 Å². The molecule has 0 saturated heterocycles. The zero-order valence-electron chi connectivity index (χ0n) is 13.0. The van der Waals surface area contributed by atoms with Gasteiger partial charge in [-0.1, -0.05) is 44.4 Å². The third-order valence-corrected chi connectivity index (χ3v) is 4.94. The average molecular weight is 295 g/mol. The van der Waals surface area contributed by atoms with Crippen molar-refractivity contribution in [3.8, 4) is 0 Å². The highest BCUT2D eigenvalue weighted by atomic mass is 35.5. The van der Waals surface area contributed by atoms with Crippen molar-refractivity contribution in [3.63, 3.8) is 0 Å². The summed E-state index contributed by atoms with van der Waals surface area (Å²) in [6.07, 6.45) is 5.37. The summed E-state index contributed by atoms with van der Waals surface area (Å²) in [4.78, 5) is 2.46. The van der Waals surface area contributed by atoms with Crippen molar-refractivity contribution in [2.45, 2.75) is 52.1 Å². The van der Waals surface area contributed by atoms with Gasteiger partial charge in [0, 0.05) is 35.9 Å². The predicted octanol–water partition coefficient (Wildman–Crippen LogP) is 4.46. The van der Waals surface area contributed by atoms with Gasteiger partial charge in [0.05, 0.1) is 0 Å². The topological polar surface area (TPSA) is 15.3 Å². The number of benzene rings is 1.